The van der Waals surface area contributed by atoms with Crippen molar-refractivity contribution < 1.29 is 9.47 Å². The highest BCUT2D eigenvalue weighted by Crippen LogP contribution is 2.44. The molecule has 1 aromatic rings. The van der Waals surface area contributed by atoms with Gasteiger partial charge in [0, 0.05) is 6.04 Å². The maximum Gasteiger partial charge on any atom is 0.231 e. The van der Waals surface area contributed by atoms with Crippen LogP contribution in [0.4, 0.5) is 0 Å². The van der Waals surface area contributed by atoms with E-state index >= 15 is 0 Å². The lowest BCUT2D eigenvalue weighted by Crippen LogP contribution is -2.35. The van der Waals surface area contributed by atoms with Crippen molar-refractivity contribution in [2.45, 2.75) is 38.1 Å². The molecule has 0 radical (unpaired) electrons. The van der Waals surface area contributed by atoms with E-state index < -0.39 is 0 Å². The molecule has 2 aliphatic carbocycles. The highest BCUT2D eigenvalue weighted by molar-refractivity contribution is 5.44. The molecule has 0 spiro atoms. The van der Waals surface area contributed by atoms with Gasteiger partial charge in [0.2, 0.25) is 6.79 Å². The first-order valence-corrected chi connectivity index (χ1v) is 7.50. The van der Waals surface area contributed by atoms with E-state index in [1.807, 2.05) is 6.07 Å². The Balaban J connectivity index is 1.30. The van der Waals surface area contributed by atoms with E-state index in [4.69, 9.17) is 9.47 Å². The summed E-state index contributed by atoms with van der Waals surface area (Å²) in [6.07, 6.45) is 6.88. The van der Waals surface area contributed by atoms with Crippen LogP contribution >= 0.6 is 0 Å². The van der Waals surface area contributed by atoms with E-state index in [1.54, 1.807) is 0 Å². The summed E-state index contributed by atoms with van der Waals surface area (Å²) in [5.74, 6) is 3.76. The Morgan fingerprint density at radius 1 is 1.11 bits per heavy atom. The molecule has 0 unspecified atom stereocenters. The third kappa shape index (κ3) is 2.20. The highest BCUT2D eigenvalue weighted by atomic mass is 16.7. The molecule has 3 heteroatoms. The molecule has 19 heavy (non-hydrogen) atoms. The van der Waals surface area contributed by atoms with Gasteiger partial charge in [-0.1, -0.05) is 12.5 Å². The van der Waals surface area contributed by atoms with Gasteiger partial charge in [-0.15, -0.1) is 0 Å². The van der Waals surface area contributed by atoms with Crippen molar-refractivity contribution >= 4 is 0 Å². The largest absolute Gasteiger partial charge is 0.454 e. The smallest absolute Gasteiger partial charge is 0.231 e. The molecular formula is C16H21NO2. The van der Waals surface area contributed by atoms with Crippen molar-refractivity contribution in [1.82, 2.24) is 5.32 Å². The molecule has 1 heterocycles. The van der Waals surface area contributed by atoms with Crippen LogP contribution in [-0.2, 0) is 6.42 Å². The number of hydrogen-bond acceptors (Lipinski definition) is 3. The zero-order chi connectivity index (χ0) is 12.7. The minimum Gasteiger partial charge on any atom is -0.454 e. The lowest BCUT2D eigenvalue weighted by Gasteiger charge is -2.22. The number of nitrogens with one attached hydrogen (secondary N) is 1. The summed E-state index contributed by atoms with van der Waals surface area (Å²) in [4.78, 5) is 0. The van der Waals surface area contributed by atoms with Gasteiger partial charge < -0.3 is 14.8 Å². The third-order valence-electron chi connectivity index (χ3n) is 5.00. The van der Waals surface area contributed by atoms with Gasteiger partial charge in [-0.05, 0) is 61.8 Å². The SMILES string of the molecule is c1cc2c(cc1CCN[C@H]1C[C@H]3CC[C@@H]1C3)OCO2. The fourth-order valence-electron chi connectivity index (χ4n) is 3.99. The van der Waals surface area contributed by atoms with Crippen LogP contribution in [0.15, 0.2) is 18.2 Å². The predicted octanol–water partition coefficient (Wildman–Crippen LogP) is 2.74. The van der Waals surface area contributed by atoms with Crippen molar-refractivity contribution in [2.24, 2.45) is 11.8 Å². The molecule has 3 atom stereocenters. The van der Waals surface area contributed by atoms with E-state index in [9.17, 15) is 0 Å². The minimum atomic E-state index is 0.363. The lowest BCUT2D eigenvalue weighted by atomic mass is 9.95. The van der Waals surface area contributed by atoms with Gasteiger partial charge >= 0.3 is 0 Å². The second-order valence-corrected chi connectivity index (χ2v) is 6.17. The van der Waals surface area contributed by atoms with Crippen molar-refractivity contribution in [1.29, 1.82) is 0 Å². The summed E-state index contributed by atoms with van der Waals surface area (Å²) in [6, 6.07) is 7.07. The number of hydrogen-bond donors (Lipinski definition) is 1. The summed E-state index contributed by atoms with van der Waals surface area (Å²) in [6.45, 7) is 1.44. The van der Waals surface area contributed by atoms with Crippen LogP contribution in [0.2, 0.25) is 0 Å². The molecule has 102 valence electrons. The molecule has 1 aliphatic heterocycles. The Morgan fingerprint density at radius 2 is 2.05 bits per heavy atom. The van der Waals surface area contributed by atoms with Gasteiger partial charge in [0.15, 0.2) is 11.5 Å². The number of fused-ring (bicyclic) bond motifs is 3. The first kappa shape index (κ1) is 11.6. The molecule has 4 rings (SSSR count). The van der Waals surface area contributed by atoms with Crippen LogP contribution in [0.1, 0.15) is 31.2 Å². The van der Waals surface area contributed by atoms with Crippen molar-refractivity contribution in [3.8, 4) is 11.5 Å². The molecule has 2 fully saturated rings. The number of ether oxygens (including phenoxy) is 2. The second-order valence-electron chi connectivity index (χ2n) is 6.17. The van der Waals surface area contributed by atoms with Crippen LogP contribution in [0, 0.1) is 11.8 Å². The van der Waals surface area contributed by atoms with Gasteiger partial charge in [0.25, 0.3) is 0 Å². The molecular weight excluding hydrogens is 238 g/mol. The van der Waals surface area contributed by atoms with E-state index in [1.165, 1.54) is 31.2 Å². The topological polar surface area (TPSA) is 30.5 Å². The Kier molecular flexibility index (Phi) is 2.87. The Labute approximate surface area is 114 Å². The van der Waals surface area contributed by atoms with Crippen LogP contribution in [0.5, 0.6) is 11.5 Å². The van der Waals surface area contributed by atoms with E-state index in [2.05, 4.69) is 17.4 Å². The summed E-state index contributed by atoms with van der Waals surface area (Å²) < 4.78 is 10.8. The Morgan fingerprint density at radius 3 is 2.89 bits per heavy atom. The zero-order valence-electron chi connectivity index (χ0n) is 11.2. The second kappa shape index (κ2) is 4.71. The molecule has 3 nitrogen and oxygen atoms in total. The Hall–Kier alpha value is -1.22. The normalized spacial score (nSPS) is 31.1. The van der Waals surface area contributed by atoms with Gasteiger partial charge in [0.1, 0.15) is 0 Å². The quantitative estimate of drug-likeness (QED) is 0.902. The summed E-state index contributed by atoms with van der Waals surface area (Å²) in [5.41, 5.74) is 1.33. The molecule has 2 bridgehead atoms. The van der Waals surface area contributed by atoms with Crippen molar-refractivity contribution in [2.75, 3.05) is 13.3 Å². The lowest BCUT2D eigenvalue weighted by molar-refractivity contribution is 0.174. The average Bonchev–Trinajstić information content (AvgIpc) is 3.14. The molecule has 1 aromatic carbocycles. The first-order chi connectivity index (χ1) is 9.38. The van der Waals surface area contributed by atoms with Gasteiger partial charge in [-0.25, -0.2) is 0 Å². The molecule has 3 aliphatic rings. The molecule has 2 saturated carbocycles. The van der Waals surface area contributed by atoms with Gasteiger partial charge in [-0.3, -0.25) is 0 Å². The minimum absolute atomic E-state index is 0.363. The van der Waals surface area contributed by atoms with Crippen LogP contribution in [-0.4, -0.2) is 19.4 Å². The fraction of sp³-hybridized carbons (Fsp3) is 0.625. The van der Waals surface area contributed by atoms with E-state index in [0.717, 1.165) is 42.3 Å². The zero-order valence-corrected chi connectivity index (χ0v) is 11.2. The number of benzene rings is 1. The summed E-state index contributed by atoms with van der Waals surface area (Å²) in [7, 11) is 0. The van der Waals surface area contributed by atoms with Crippen LogP contribution in [0.3, 0.4) is 0 Å². The maximum absolute atomic E-state index is 5.42. The molecule has 0 saturated heterocycles. The fourth-order valence-corrected chi connectivity index (χ4v) is 3.99. The molecule has 1 N–H and O–H groups in total. The van der Waals surface area contributed by atoms with E-state index in [-0.39, 0.29) is 0 Å². The number of rotatable bonds is 4. The standard InChI is InChI=1S/C16H21NO2/c1-3-13-7-12(1)8-14(13)17-6-5-11-2-4-15-16(9-11)19-10-18-15/h2,4,9,12-14,17H,1,3,5-8,10H2/t12-,13+,14-/m0/s1. The Bertz CT molecular complexity index is 474. The van der Waals surface area contributed by atoms with E-state index in [0.29, 0.717) is 6.79 Å². The van der Waals surface area contributed by atoms with Crippen molar-refractivity contribution in [3.63, 3.8) is 0 Å². The van der Waals surface area contributed by atoms with Gasteiger partial charge in [-0.2, -0.15) is 0 Å². The summed E-state index contributed by atoms with van der Waals surface area (Å²) in [5, 5.41) is 3.76. The average molecular weight is 259 g/mol. The monoisotopic (exact) mass is 259 g/mol. The summed E-state index contributed by atoms with van der Waals surface area (Å²) >= 11 is 0. The van der Waals surface area contributed by atoms with Gasteiger partial charge in [0.05, 0.1) is 0 Å². The van der Waals surface area contributed by atoms with Crippen molar-refractivity contribution in [3.05, 3.63) is 23.8 Å². The maximum atomic E-state index is 5.42. The third-order valence-corrected chi connectivity index (χ3v) is 5.00. The highest BCUT2D eigenvalue weighted by Gasteiger charge is 2.38. The van der Waals surface area contributed by atoms with Crippen LogP contribution < -0.4 is 14.8 Å². The van der Waals surface area contributed by atoms with Crippen LogP contribution in [0.25, 0.3) is 0 Å². The molecule has 0 amide bonds. The first-order valence-electron chi connectivity index (χ1n) is 7.50. The molecule has 0 aromatic heterocycles. The predicted molar refractivity (Wildman–Crippen MR) is 73.5 cm³/mol.